The minimum atomic E-state index is -0.707. The fourth-order valence-corrected chi connectivity index (χ4v) is 5.66. The molecule has 41 heavy (non-hydrogen) atoms. The first kappa shape index (κ1) is 27.8. The molecule has 208 valence electrons. The molecule has 0 radical (unpaired) electrons. The first-order valence-electron chi connectivity index (χ1n) is 13.0. The van der Waals surface area contributed by atoms with E-state index in [-0.39, 0.29) is 12.2 Å². The number of hydrogen-bond donors (Lipinski definition) is 0. The average Bonchev–Trinajstić information content (AvgIpc) is 3.27. The average molecular weight is 569 g/mol. The third-order valence-electron chi connectivity index (χ3n) is 6.59. The summed E-state index contributed by atoms with van der Waals surface area (Å²) in [6.45, 7) is 5.59. The number of aryl methyl sites for hydroxylation is 1. The van der Waals surface area contributed by atoms with Crippen molar-refractivity contribution < 1.29 is 23.8 Å². The van der Waals surface area contributed by atoms with Gasteiger partial charge < -0.3 is 14.2 Å². The van der Waals surface area contributed by atoms with Crippen molar-refractivity contribution in [1.29, 1.82) is 0 Å². The van der Waals surface area contributed by atoms with Crippen LogP contribution in [0.2, 0.25) is 0 Å². The first-order valence-corrected chi connectivity index (χ1v) is 13.8. The fourth-order valence-electron chi connectivity index (χ4n) is 4.61. The maximum absolute atomic E-state index is 13.8. The molecule has 8 nitrogen and oxygen atoms in total. The van der Waals surface area contributed by atoms with Gasteiger partial charge in [0, 0.05) is 0 Å². The van der Waals surface area contributed by atoms with Crippen molar-refractivity contribution in [2.45, 2.75) is 26.8 Å². The largest absolute Gasteiger partial charge is 0.497 e. The Hall–Kier alpha value is -4.76. The summed E-state index contributed by atoms with van der Waals surface area (Å²) < 4.78 is 18.1. The zero-order chi connectivity index (χ0) is 29.1. The Morgan fingerprint density at radius 1 is 0.976 bits per heavy atom. The van der Waals surface area contributed by atoms with Gasteiger partial charge >= 0.3 is 11.9 Å². The van der Waals surface area contributed by atoms with Crippen LogP contribution < -0.4 is 24.4 Å². The highest BCUT2D eigenvalue weighted by atomic mass is 32.1. The van der Waals surface area contributed by atoms with E-state index < -0.39 is 18.0 Å². The lowest BCUT2D eigenvalue weighted by Gasteiger charge is -2.24. The molecule has 3 aromatic carbocycles. The van der Waals surface area contributed by atoms with Crippen LogP contribution in [0, 0.1) is 6.92 Å². The second kappa shape index (κ2) is 11.8. The molecule has 5 rings (SSSR count). The normalized spacial score (nSPS) is 14.7. The molecule has 1 aliphatic heterocycles. The van der Waals surface area contributed by atoms with Gasteiger partial charge in [0.2, 0.25) is 0 Å². The number of thiazole rings is 1. The van der Waals surface area contributed by atoms with E-state index in [0.717, 1.165) is 16.7 Å². The summed E-state index contributed by atoms with van der Waals surface area (Å²) in [6, 6.07) is 20.6. The van der Waals surface area contributed by atoms with Crippen molar-refractivity contribution in [3.05, 3.63) is 126 Å². The van der Waals surface area contributed by atoms with Gasteiger partial charge in [-0.3, -0.25) is 9.36 Å². The molecule has 0 spiro atoms. The highest BCUT2D eigenvalue weighted by Crippen LogP contribution is 2.31. The minimum absolute atomic E-state index is 0.200. The summed E-state index contributed by atoms with van der Waals surface area (Å²) in [5.41, 5.74) is 3.45. The topological polar surface area (TPSA) is 96.2 Å². The first-order chi connectivity index (χ1) is 19.8. The van der Waals surface area contributed by atoms with E-state index >= 15 is 0 Å². The number of aromatic nitrogens is 1. The van der Waals surface area contributed by atoms with E-state index in [0.29, 0.717) is 37.7 Å². The predicted molar refractivity (Wildman–Crippen MR) is 156 cm³/mol. The maximum Gasteiger partial charge on any atom is 0.343 e. The Bertz CT molecular complexity index is 1830. The third-order valence-corrected chi connectivity index (χ3v) is 7.57. The van der Waals surface area contributed by atoms with Crippen molar-refractivity contribution >= 4 is 29.4 Å². The van der Waals surface area contributed by atoms with Gasteiger partial charge in [0.05, 0.1) is 41.1 Å². The Kier molecular flexibility index (Phi) is 7.98. The number of ether oxygens (including phenoxy) is 3. The SMILES string of the molecule is CCOC(=O)C1=C(C)N=c2s/c(=C/c3ccc(OC(=O)c4cccc(C)c4)cc3)c(=O)n2[C@@H]1c1ccc(OC)cc1. The lowest BCUT2D eigenvalue weighted by molar-refractivity contribution is -0.139. The molecule has 4 aromatic rings. The van der Waals surface area contributed by atoms with Crippen molar-refractivity contribution in [2.24, 2.45) is 4.99 Å². The predicted octanol–water partition coefficient (Wildman–Crippen LogP) is 4.33. The number of nitrogens with zero attached hydrogens (tertiary/aromatic N) is 2. The molecule has 0 N–H and O–H groups in total. The number of hydrogen-bond acceptors (Lipinski definition) is 8. The molecule has 0 unspecified atom stereocenters. The molecule has 2 heterocycles. The monoisotopic (exact) mass is 568 g/mol. The number of methoxy groups -OCH3 is 1. The van der Waals surface area contributed by atoms with Crippen LogP contribution in [0.4, 0.5) is 0 Å². The Balaban J connectivity index is 1.50. The summed E-state index contributed by atoms with van der Waals surface area (Å²) in [4.78, 5) is 44.4. The number of fused-ring (bicyclic) bond motifs is 1. The van der Waals surface area contributed by atoms with Crippen molar-refractivity contribution in [2.75, 3.05) is 13.7 Å². The highest BCUT2D eigenvalue weighted by molar-refractivity contribution is 7.07. The van der Waals surface area contributed by atoms with Crippen LogP contribution in [0.25, 0.3) is 6.08 Å². The van der Waals surface area contributed by atoms with Crippen LogP contribution in [-0.4, -0.2) is 30.2 Å². The van der Waals surface area contributed by atoms with Gasteiger partial charge in [-0.25, -0.2) is 14.6 Å². The second-order valence-corrected chi connectivity index (χ2v) is 10.4. The lowest BCUT2D eigenvalue weighted by atomic mass is 9.96. The van der Waals surface area contributed by atoms with Crippen LogP contribution in [-0.2, 0) is 9.53 Å². The smallest absolute Gasteiger partial charge is 0.343 e. The molecule has 0 fully saturated rings. The van der Waals surface area contributed by atoms with Crippen LogP contribution >= 0.6 is 11.3 Å². The number of carbonyl (C=O) groups excluding carboxylic acids is 2. The number of esters is 2. The molecule has 0 aliphatic carbocycles. The van der Waals surface area contributed by atoms with Gasteiger partial charge in [-0.2, -0.15) is 0 Å². The highest BCUT2D eigenvalue weighted by Gasteiger charge is 2.33. The standard InChI is InChI=1S/C32H28N2O6S/c1-5-39-31(37)27-20(3)33-32-34(28(27)22-11-15-24(38-4)16-12-22)29(35)26(41-32)18-21-9-13-25(14-10-21)40-30(36)23-8-6-7-19(2)17-23/h6-18,28H,5H2,1-4H3/b26-18+/t28-/m1/s1. The fraction of sp³-hybridized carbons (Fsp3) is 0.188. The van der Waals surface area contributed by atoms with Gasteiger partial charge in [0.1, 0.15) is 11.5 Å². The molecule has 9 heteroatoms. The van der Waals surface area contributed by atoms with Crippen molar-refractivity contribution in [1.82, 2.24) is 4.57 Å². The van der Waals surface area contributed by atoms with E-state index in [9.17, 15) is 14.4 Å². The number of carbonyl (C=O) groups is 2. The molecule has 1 aliphatic rings. The van der Waals surface area contributed by atoms with Crippen molar-refractivity contribution in [3.8, 4) is 11.5 Å². The summed E-state index contributed by atoms with van der Waals surface area (Å²) in [6.07, 6.45) is 1.75. The quantitative estimate of drug-likeness (QED) is 0.243. The molecule has 1 aromatic heterocycles. The zero-order valence-electron chi connectivity index (χ0n) is 23.0. The summed E-state index contributed by atoms with van der Waals surface area (Å²) in [7, 11) is 1.58. The van der Waals surface area contributed by atoms with Crippen LogP contribution in [0.5, 0.6) is 11.5 Å². The summed E-state index contributed by atoms with van der Waals surface area (Å²) in [5.74, 6) is 0.0950. The van der Waals surface area contributed by atoms with Gasteiger partial charge in [0.25, 0.3) is 5.56 Å². The molecule has 0 bridgehead atoms. The minimum Gasteiger partial charge on any atom is -0.497 e. The second-order valence-electron chi connectivity index (χ2n) is 9.40. The maximum atomic E-state index is 13.8. The van der Waals surface area contributed by atoms with Gasteiger partial charge in [-0.05, 0) is 74.4 Å². The van der Waals surface area contributed by atoms with Gasteiger partial charge in [0.15, 0.2) is 4.80 Å². The van der Waals surface area contributed by atoms with Crippen LogP contribution in [0.1, 0.15) is 46.9 Å². The van der Waals surface area contributed by atoms with Gasteiger partial charge in [-0.15, -0.1) is 0 Å². The van der Waals surface area contributed by atoms with E-state index in [4.69, 9.17) is 14.2 Å². The Morgan fingerprint density at radius 2 is 1.68 bits per heavy atom. The molecular weight excluding hydrogens is 540 g/mol. The van der Waals surface area contributed by atoms with E-state index in [1.807, 2.05) is 25.1 Å². The molecule has 0 amide bonds. The Morgan fingerprint density at radius 3 is 2.34 bits per heavy atom. The molecule has 0 saturated carbocycles. The molecule has 0 saturated heterocycles. The Labute approximate surface area is 240 Å². The van der Waals surface area contributed by atoms with Crippen molar-refractivity contribution in [3.63, 3.8) is 0 Å². The van der Waals surface area contributed by atoms with E-state index in [2.05, 4.69) is 4.99 Å². The third kappa shape index (κ3) is 5.76. The summed E-state index contributed by atoms with van der Waals surface area (Å²) >= 11 is 1.24. The van der Waals surface area contributed by atoms with Gasteiger partial charge in [-0.1, -0.05) is 53.3 Å². The summed E-state index contributed by atoms with van der Waals surface area (Å²) in [5, 5.41) is 0. The van der Waals surface area contributed by atoms with Crippen LogP contribution in [0.3, 0.4) is 0 Å². The zero-order valence-corrected chi connectivity index (χ0v) is 23.9. The number of allylic oxidation sites excluding steroid dienone is 1. The molecule has 1 atom stereocenters. The lowest BCUT2D eigenvalue weighted by Crippen LogP contribution is -2.39. The van der Waals surface area contributed by atoms with E-state index in [1.165, 1.54) is 15.9 Å². The number of benzene rings is 3. The number of rotatable bonds is 7. The van der Waals surface area contributed by atoms with Crippen LogP contribution in [0.15, 0.2) is 93.9 Å². The molecular formula is C32H28N2O6S. The van der Waals surface area contributed by atoms with E-state index in [1.54, 1.807) is 81.6 Å².